The first-order valence-corrected chi connectivity index (χ1v) is 18.9. The summed E-state index contributed by atoms with van der Waals surface area (Å²) in [6, 6.07) is 0. The van der Waals surface area contributed by atoms with Crippen LogP contribution < -0.4 is 5.32 Å². The second kappa shape index (κ2) is 36.0. The van der Waals surface area contributed by atoms with Gasteiger partial charge in [-0.15, -0.1) is 0 Å². The number of allylic oxidation sites excluding steroid dienone is 9. The number of ether oxygens (including phenoxy) is 1. The molecular weight excluding hydrogens is 586 g/mol. The monoisotopic (exact) mass is 656 g/mol. The van der Waals surface area contributed by atoms with Crippen molar-refractivity contribution in [3.63, 3.8) is 0 Å². The number of aliphatic carboxylic acids is 1. The van der Waals surface area contributed by atoms with E-state index in [4.69, 9.17) is 9.84 Å². The number of unbranched alkanes of at least 4 members (excludes halogenated alkanes) is 14. The minimum Gasteiger partial charge on any atom is -0.480 e. The smallest absolute Gasteiger partial charge is 0.322 e. The molecule has 2 N–H and O–H groups in total. The molecule has 0 bridgehead atoms. The molecule has 0 rings (SSSR count). The summed E-state index contributed by atoms with van der Waals surface area (Å²) in [5, 5.41) is 11.0. The zero-order chi connectivity index (χ0) is 34.5. The van der Waals surface area contributed by atoms with Gasteiger partial charge in [0.25, 0.3) is 0 Å². The van der Waals surface area contributed by atoms with Crippen molar-refractivity contribution < 1.29 is 24.2 Å². The van der Waals surface area contributed by atoms with Crippen LogP contribution in [0.1, 0.15) is 168 Å². The lowest BCUT2D eigenvalue weighted by atomic mass is 10.1. The van der Waals surface area contributed by atoms with Crippen LogP contribution in [0.4, 0.5) is 0 Å². The van der Waals surface area contributed by atoms with Crippen LogP contribution in [0.3, 0.4) is 0 Å². The summed E-state index contributed by atoms with van der Waals surface area (Å²) in [5.74, 6) is -1.35. The Labute approximate surface area is 288 Å². The van der Waals surface area contributed by atoms with E-state index in [1.807, 2.05) is 6.08 Å². The number of carboxylic acids is 1. The predicted molar refractivity (Wildman–Crippen MR) is 198 cm³/mol. The van der Waals surface area contributed by atoms with Crippen LogP contribution in [0, 0.1) is 0 Å². The molecule has 47 heavy (non-hydrogen) atoms. The highest BCUT2D eigenvalue weighted by atomic mass is 16.5. The van der Waals surface area contributed by atoms with Gasteiger partial charge in [0.1, 0.15) is 12.6 Å². The molecule has 1 unspecified atom stereocenters. The number of hydrogen-bond donors (Lipinski definition) is 2. The second-order valence-corrected chi connectivity index (χ2v) is 12.4. The van der Waals surface area contributed by atoms with Gasteiger partial charge < -0.3 is 15.2 Å². The van der Waals surface area contributed by atoms with Crippen molar-refractivity contribution in [2.45, 2.75) is 174 Å². The highest BCUT2D eigenvalue weighted by Gasteiger charge is 2.11. The lowest BCUT2D eigenvalue weighted by Crippen LogP contribution is -2.28. The highest BCUT2D eigenvalue weighted by molar-refractivity contribution is 5.80. The quantitative estimate of drug-likeness (QED) is 0.0417. The number of esters is 1. The Bertz CT molecular complexity index is 902. The fourth-order valence-corrected chi connectivity index (χ4v) is 5.12. The van der Waals surface area contributed by atoms with E-state index in [1.54, 1.807) is 0 Å². The van der Waals surface area contributed by atoms with Crippen LogP contribution in [-0.2, 0) is 19.1 Å². The fraction of sp³-hybridized carbons (Fsp3) is 0.683. The Morgan fingerprint density at radius 1 is 0.596 bits per heavy atom. The van der Waals surface area contributed by atoms with E-state index < -0.39 is 5.97 Å². The molecule has 0 spiro atoms. The van der Waals surface area contributed by atoms with Crippen LogP contribution in [0.5, 0.6) is 0 Å². The van der Waals surface area contributed by atoms with Gasteiger partial charge in [-0.1, -0.05) is 133 Å². The summed E-state index contributed by atoms with van der Waals surface area (Å²) < 4.78 is 5.88. The van der Waals surface area contributed by atoms with Crippen LogP contribution >= 0.6 is 0 Å². The van der Waals surface area contributed by atoms with Crippen molar-refractivity contribution in [3.8, 4) is 0 Å². The fourth-order valence-electron chi connectivity index (χ4n) is 5.12. The molecule has 6 heteroatoms. The number of carbonyl (C=O) groups is 3. The van der Waals surface area contributed by atoms with Crippen molar-refractivity contribution >= 4 is 17.8 Å². The summed E-state index contributed by atoms with van der Waals surface area (Å²) >= 11 is 0. The van der Waals surface area contributed by atoms with Gasteiger partial charge in [-0.2, -0.15) is 0 Å². The molecule has 0 radical (unpaired) electrons. The summed E-state index contributed by atoms with van der Waals surface area (Å²) in [7, 11) is 0. The maximum Gasteiger partial charge on any atom is 0.322 e. The summed E-state index contributed by atoms with van der Waals surface area (Å²) in [5.41, 5.74) is 0. The van der Waals surface area contributed by atoms with Crippen LogP contribution in [0.25, 0.3) is 0 Å². The largest absolute Gasteiger partial charge is 0.480 e. The normalized spacial score (nSPS) is 12.7. The number of nitrogens with one attached hydrogen (secondary N) is 1. The Hall–Kier alpha value is -2.89. The van der Waals surface area contributed by atoms with E-state index in [1.165, 1.54) is 57.8 Å². The molecule has 6 nitrogen and oxygen atoms in total. The third-order valence-electron chi connectivity index (χ3n) is 7.91. The molecule has 1 amide bonds. The van der Waals surface area contributed by atoms with Crippen molar-refractivity contribution in [2.24, 2.45) is 0 Å². The third kappa shape index (κ3) is 35.8. The van der Waals surface area contributed by atoms with E-state index in [0.717, 1.165) is 83.5 Å². The molecule has 1 atom stereocenters. The highest BCUT2D eigenvalue weighted by Crippen LogP contribution is 2.15. The number of hydrogen-bond acceptors (Lipinski definition) is 4. The summed E-state index contributed by atoms with van der Waals surface area (Å²) in [6.07, 6.45) is 46.3. The first kappa shape index (κ1) is 44.1. The van der Waals surface area contributed by atoms with Gasteiger partial charge in [0, 0.05) is 12.8 Å². The van der Waals surface area contributed by atoms with Crippen molar-refractivity contribution in [1.82, 2.24) is 5.32 Å². The van der Waals surface area contributed by atoms with Crippen LogP contribution in [-0.4, -0.2) is 35.6 Å². The maximum atomic E-state index is 12.6. The number of carboxylic acid groups (broad SMARTS) is 1. The van der Waals surface area contributed by atoms with E-state index in [0.29, 0.717) is 12.8 Å². The second-order valence-electron chi connectivity index (χ2n) is 12.4. The standard InChI is InChI=1S/C41H69NO5/c1-3-5-7-9-11-13-15-16-17-19-21-23-28-32-36-41(46)47-38(33-29-25-22-20-18-14-12-10-8-6-4-2)34-30-26-24-27-31-35-39(43)42-37-40(44)45/h6,8,12,14-16,20,22,29,33,38H,3-5,7,9-11,13,17-19,21,23-28,30-32,34-37H2,1-2H3,(H,42,43)(H,44,45)/b8-6-,14-12-,16-15-,22-20-,33-29-. The zero-order valence-electron chi connectivity index (χ0n) is 30.1. The van der Waals surface area contributed by atoms with Gasteiger partial charge in [0.15, 0.2) is 0 Å². The number of carbonyl (C=O) groups excluding carboxylic acids is 2. The molecule has 0 aromatic rings. The minimum atomic E-state index is -1.03. The molecule has 0 aliphatic rings. The maximum absolute atomic E-state index is 12.6. The van der Waals surface area contributed by atoms with E-state index in [-0.39, 0.29) is 24.5 Å². The molecule has 0 saturated carbocycles. The zero-order valence-corrected chi connectivity index (χ0v) is 30.1. The summed E-state index contributed by atoms with van der Waals surface area (Å²) in [6.45, 7) is 4.07. The van der Waals surface area contributed by atoms with Gasteiger partial charge in [0.2, 0.25) is 5.91 Å². The Morgan fingerprint density at radius 2 is 1.11 bits per heavy atom. The van der Waals surface area contributed by atoms with Gasteiger partial charge in [-0.3, -0.25) is 14.4 Å². The SMILES string of the molecule is CC/C=C\C/C=C\C/C=C\C/C=C\C(CCCCCCCC(=O)NCC(=O)O)OC(=O)CCCCCCC/C=C\CCCCCCC. The molecule has 0 aliphatic heterocycles. The molecule has 0 aliphatic carbocycles. The topological polar surface area (TPSA) is 92.7 Å². The Morgan fingerprint density at radius 3 is 1.70 bits per heavy atom. The predicted octanol–water partition coefficient (Wildman–Crippen LogP) is 11.3. The van der Waals surface area contributed by atoms with Gasteiger partial charge in [0.05, 0.1) is 0 Å². The molecule has 0 aromatic heterocycles. The first-order valence-electron chi connectivity index (χ1n) is 18.9. The van der Waals surface area contributed by atoms with Crippen molar-refractivity contribution in [1.29, 1.82) is 0 Å². The molecule has 0 heterocycles. The van der Waals surface area contributed by atoms with Crippen molar-refractivity contribution in [2.75, 3.05) is 6.54 Å². The van der Waals surface area contributed by atoms with E-state index in [2.05, 4.69) is 73.8 Å². The van der Waals surface area contributed by atoms with E-state index >= 15 is 0 Å². The average Bonchev–Trinajstić information content (AvgIpc) is 3.05. The average molecular weight is 656 g/mol. The molecule has 0 fully saturated rings. The number of amides is 1. The van der Waals surface area contributed by atoms with Crippen molar-refractivity contribution in [3.05, 3.63) is 60.8 Å². The molecule has 268 valence electrons. The molecule has 0 aromatic carbocycles. The minimum absolute atomic E-state index is 0.105. The molecule has 0 saturated heterocycles. The Kier molecular flexibility index (Phi) is 33.7. The van der Waals surface area contributed by atoms with Crippen LogP contribution in [0.2, 0.25) is 0 Å². The van der Waals surface area contributed by atoms with Crippen LogP contribution in [0.15, 0.2) is 60.8 Å². The summed E-state index contributed by atoms with van der Waals surface area (Å²) in [4.78, 5) is 34.8. The third-order valence-corrected chi connectivity index (χ3v) is 7.91. The van der Waals surface area contributed by atoms with E-state index in [9.17, 15) is 14.4 Å². The van der Waals surface area contributed by atoms with Gasteiger partial charge in [-0.05, 0) is 83.1 Å². The van der Waals surface area contributed by atoms with Gasteiger partial charge in [-0.25, -0.2) is 0 Å². The lowest BCUT2D eigenvalue weighted by Gasteiger charge is -2.14. The Balaban J connectivity index is 4.34. The molecular formula is C41H69NO5. The first-order chi connectivity index (χ1) is 23.0. The van der Waals surface area contributed by atoms with Gasteiger partial charge >= 0.3 is 11.9 Å². The number of rotatable bonds is 33. The lowest BCUT2D eigenvalue weighted by molar-refractivity contribution is -0.147.